The Kier molecular flexibility index (Phi) is 19.4. The van der Waals surface area contributed by atoms with Gasteiger partial charge in [0.25, 0.3) is 0 Å². The van der Waals surface area contributed by atoms with Gasteiger partial charge in [0, 0.05) is 64.2 Å². The third kappa shape index (κ3) is 14.2. The Balaban J connectivity index is 0.00000138. The molecule has 0 saturated carbocycles. The standard InChI is InChI=1S/C42H39F3N4O2.3C2H6/c43-42(44,45)38-20-15-32(16-21-38)17-22-40(50)49(31-35-13-18-36(19-14-35)37-12-7-23-46-29-37)39(28-33-8-3-1-4-9-33)41(51)48-26-24-47(25-27-48)30-34-10-5-2-6-11-34;3*1-2/h1-23,29,39H,24-28,30-31H2;3*1-2H3/b22-17+;;;/t39-;;;/m0.../s1. The van der Waals surface area contributed by atoms with E-state index in [2.05, 4.69) is 22.0 Å². The number of halogens is 3. The molecule has 0 aliphatic carbocycles. The van der Waals surface area contributed by atoms with E-state index >= 15 is 0 Å². The van der Waals surface area contributed by atoms with E-state index in [1.807, 2.05) is 131 Å². The summed E-state index contributed by atoms with van der Waals surface area (Å²) in [6.07, 6.45) is 2.18. The molecule has 2 heterocycles. The normalized spacial score (nSPS) is 13.2. The highest BCUT2D eigenvalue weighted by Gasteiger charge is 2.34. The van der Waals surface area contributed by atoms with Gasteiger partial charge in [-0.2, -0.15) is 13.2 Å². The molecule has 2 amide bonds. The predicted molar refractivity (Wildman–Crippen MR) is 227 cm³/mol. The van der Waals surface area contributed by atoms with Crippen molar-refractivity contribution in [3.8, 4) is 11.1 Å². The van der Waals surface area contributed by atoms with Gasteiger partial charge in [0.2, 0.25) is 11.8 Å². The van der Waals surface area contributed by atoms with Gasteiger partial charge in [0.15, 0.2) is 0 Å². The van der Waals surface area contributed by atoms with Crippen molar-refractivity contribution in [1.82, 2.24) is 19.7 Å². The summed E-state index contributed by atoms with van der Waals surface area (Å²) in [7, 11) is 0. The van der Waals surface area contributed by atoms with Gasteiger partial charge in [0.1, 0.15) is 6.04 Å². The van der Waals surface area contributed by atoms with Gasteiger partial charge in [-0.15, -0.1) is 0 Å². The summed E-state index contributed by atoms with van der Waals surface area (Å²) < 4.78 is 39.5. The maximum atomic E-state index is 14.5. The van der Waals surface area contributed by atoms with Crippen molar-refractivity contribution in [1.29, 1.82) is 0 Å². The number of nitrogens with zero attached hydrogens (tertiary/aromatic N) is 4. The van der Waals surface area contributed by atoms with Crippen molar-refractivity contribution >= 4 is 17.9 Å². The molecule has 6 nitrogen and oxygen atoms in total. The van der Waals surface area contributed by atoms with Crippen LogP contribution in [0.1, 0.15) is 69.4 Å². The lowest BCUT2D eigenvalue weighted by Crippen LogP contribution is -2.56. The quantitative estimate of drug-likeness (QED) is 0.125. The zero-order valence-corrected chi connectivity index (χ0v) is 34.1. The number of alkyl halides is 3. The highest BCUT2D eigenvalue weighted by Crippen LogP contribution is 2.29. The predicted octanol–water partition coefficient (Wildman–Crippen LogP) is 10.8. The average molecular weight is 779 g/mol. The molecule has 1 fully saturated rings. The maximum Gasteiger partial charge on any atom is 0.416 e. The van der Waals surface area contributed by atoms with Crippen LogP contribution in [0, 0.1) is 0 Å². The van der Waals surface area contributed by atoms with Gasteiger partial charge in [0.05, 0.1) is 5.56 Å². The Bertz CT molecular complexity index is 1890. The van der Waals surface area contributed by atoms with Gasteiger partial charge in [-0.05, 0) is 57.7 Å². The molecule has 4 aromatic carbocycles. The van der Waals surface area contributed by atoms with Gasteiger partial charge < -0.3 is 9.80 Å². The summed E-state index contributed by atoms with van der Waals surface area (Å²) in [5.74, 6) is -0.551. The Morgan fingerprint density at radius 3 is 1.81 bits per heavy atom. The highest BCUT2D eigenvalue weighted by atomic mass is 19.4. The number of carbonyl (C=O) groups excluding carboxylic acids is 2. The lowest BCUT2D eigenvalue weighted by atomic mass is 10.0. The van der Waals surface area contributed by atoms with Crippen LogP contribution in [0.3, 0.4) is 0 Å². The van der Waals surface area contributed by atoms with Gasteiger partial charge in [-0.1, -0.05) is 145 Å². The molecule has 6 rings (SSSR count). The largest absolute Gasteiger partial charge is 0.416 e. The maximum absolute atomic E-state index is 14.5. The number of aromatic nitrogens is 1. The number of hydrogen-bond donors (Lipinski definition) is 0. The summed E-state index contributed by atoms with van der Waals surface area (Å²) in [5, 5.41) is 0. The smallest absolute Gasteiger partial charge is 0.338 e. The van der Waals surface area contributed by atoms with Crippen LogP contribution in [0.15, 0.2) is 140 Å². The van der Waals surface area contributed by atoms with E-state index in [-0.39, 0.29) is 12.5 Å². The fourth-order valence-electron chi connectivity index (χ4n) is 6.27. The van der Waals surface area contributed by atoms with E-state index in [1.165, 1.54) is 29.8 Å². The van der Waals surface area contributed by atoms with Crippen LogP contribution < -0.4 is 0 Å². The zero-order valence-electron chi connectivity index (χ0n) is 34.1. The second-order valence-electron chi connectivity index (χ2n) is 12.7. The van der Waals surface area contributed by atoms with E-state index in [1.54, 1.807) is 17.3 Å². The molecule has 9 heteroatoms. The Morgan fingerprint density at radius 1 is 0.684 bits per heavy atom. The number of hydrogen-bond acceptors (Lipinski definition) is 4. The van der Waals surface area contributed by atoms with Crippen LogP contribution in [-0.4, -0.2) is 63.7 Å². The second-order valence-corrected chi connectivity index (χ2v) is 12.7. The third-order valence-corrected chi connectivity index (χ3v) is 9.11. The molecule has 1 aromatic heterocycles. The van der Waals surface area contributed by atoms with Crippen LogP contribution >= 0.6 is 0 Å². The van der Waals surface area contributed by atoms with Crippen molar-refractivity contribution in [3.05, 3.63) is 168 Å². The van der Waals surface area contributed by atoms with Crippen molar-refractivity contribution in [2.45, 2.75) is 73.3 Å². The van der Waals surface area contributed by atoms with Crippen molar-refractivity contribution < 1.29 is 22.8 Å². The van der Waals surface area contributed by atoms with Crippen LogP contribution in [0.5, 0.6) is 0 Å². The Labute approximate surface area is 337 Å². The van der Waals surface area contributed by atoms with Crippen LogP contribution in [0.25, 0.3) is 17.2 Å². The molecular formula is C48H57F3N4O2. The molecule has 1 aliphatic heterocycles. The number of benzene rings is 4. The minimum atomic E-state index is -4.46. The van der Waals surface area contributed by atoms with E-state index < -0.39 is 23.7 Å². The molecule has 1 aliphatic rings. The molecule has 5 aromatic rings. The minimum Gasteiger partial charge on any atom is -0.338 e. The first-order valence-electron chi connectivity index (χ1n) is 20.0. The second kappa shape index (κ2) is 24.2. The summed E-state index contributed by atoms with van der Waals surface area (Å²) in [4.78, 5) is 38.7. The van der Waals surface area contributed by atoms with Crippen molar-refractivity contribution in [3.63, 3.8) is 0 Å². The summed E-state index contributed by atoms with van der Waals surface area (Å²) in [5.41, 5.74) is 4.56. The molecule has 1 atom stereocenters. The molecular weight excluding hydrogens is 722 g/mol. The van der Waals surface area contributed by atoms with Gasteiger partial charge in [-0.25, -0.2) is 0 Å². The van der Waals surface area contributed by atoms with Crippen LogP contribution in [0.2, 0.25) is 0 Å². The number of rotatable bonds is 11. The van der Waals surface area contributed by atoms with Crippen molar-refractivity contribution in [2.75, 3.05) is 26.2 Å². The molecule has 302 valence electrons. The SMILES string of the molecule is CC.CC.CC.O=C([C@H](Cc1ccccc1)N(Cc1ccc(-c2cccnc2)cc1)C(=O)/C=C/c1ccc(C(F)(F)F)cc1)N1CCN(Cc2ccccc2)CC1. The summed E-state index contributed by atoms with van der Waals surface area (Å²) >= 11 is 0. The first kappa shape index (κ1) is 45.8. The fourth-order valence-corrected chi connectivity index (χ4v) is 6.27. The van der Waals surface area contributed by atoms with Crippen molar-refractivity contribution in [2.24, 2.45) is 0 Å². The number of pyridine rings is 1. The van der Waals surface area contributed by atoms with E-state index in [9.17, 15) is 22.8 Å². The minimum absolute atomic E-state index is 0.138. The van der Waals surface area contributed by atoms with Crippen LogP contribution in [-0.2, 0) is 35.3 Å². The molecule has 1 saturated heterocycles. The van der Waals surface area contributed by atoms with Gasteiger partial charge in [-0.3, -0.25) is 19.5 Å². The van der Waals surface area contributed by atoms with Gasteiger partial charge >= 0.3 is 6.18 Å². The molecule has 57 heavy (non-hydrogen) atoms. The molecule has 0 bridgehead atoms. The average Bonchev–Trinajstić information content (AvgIpc) is 3.27. The Morgan fingerprint density at radius 2 is 1.26 bits per heavy atom. The molecule has 0 unspecified atom stereocenters. The number of amides is 2. The first-order valence-corrected chi connectivity index (χ1v) is 20.0. The number of carbonyl (C=O) groups is 2. The topological polar surface area (TPSA) is 56.8 Å². The third-order valence-electron chi connectivity index (χ3n) is 9.11. The molecule has 0 spiro atoms. The van der Waals surface area contributed by atoms with E-state index in [0.717, 1.165) is 40.9 Å². The fraction of sp³-hybridized carbons (Fsp3) is 0.312. The summed E-state index contributed by atoms with van der Waals surface area (Å²) in [6, 6.07) is 35.3. The van der Waals surface area contributed by atoms with E-state index in [0.29, 0.717) is 38.2 Å². The zero-order chi connectivity index (χ0) is 41.6. The van der Waals surface area contributed by atoms with Crippen LogP contribution in [0.4, 0.5) is 13.2 Å². The molecule has 0 N–H and O–H groups in total. The molecule has 0 radical (unpaired) electrons. The first-order chi connectivity index (χ1) is 27.7. The van der Waals surface area contributed by atoms with E-state index in [4.69, 9.17) is 0 Å². The lowest BCUT2D eigenvalue weighted by molar-refractivity contribution is -0.145. The lowest BCUT2D eigenvalue weighted by Gasteiger charge is -2.39. The number of piperazine rings is 1. The monoisotopic (exact) mass is 778 g/mol. The highest BCUT2D eigenvalue weighted by molar-refractivity contribution is 5.95. The Hall–Kier alpha value is -5.54. The summed E-state index contributed by atoms with van der Waals surface area (Å²) in [6.45, 7) is 15.4.